The number of hydrogen-bond acceptors (Lipinski definition) is 4. The Morgan fingerprint density at radius 1 is 1.17 bits per heavy atom. The van der Waals surface area contributed by atoms with Crippen molar-refractivity contribution in [3.63, 3.8) is 0 Å². The first-order valence-electron chi connectivity index (χ1n) is 7.54. The molecule has 0 atom stereocenters. The lowest BCUT2D eigenvalue weighted by atomic mass is 10.2. The highest BCUT2D eigenvalue weighted by Crippen LogP contribution is 2.16. The van der Waals surface area contributed by atoms with E-state index in [0.717, 1.165) is 5.56 Å². The van der Waals surface area contributed by atoms with E-state index in [2.05, 4.69) is 0 Å². The predicted octanol–water partition coefficient (Wildman–Crippen LogP) is 2.98. The van der Waals surface area contributed by atoms with Crippen molar-refractivity contribution in [2.75, 3.05) is 13.3 Å². The van der Waals surface area contributed by atoms with E-state index in [1.165, 1.54) is 9.46 Å². The number of fused-ring (bicyclic) bond motifs is 1. The molecule has 1 amide bonds. The molecule has 24 heavy (non-hydrogen) atoms. The molecule has 0 saturated carbocycles. The molecule has 0 radical (unpaired) electrons. The number of hydrogen-bond donors (Lipinski definition) is 0. The van der Waals surface area contributed by atoms with Crippen molar-refractivity contribution in [2.45, 2.75) is 18.0 Å². The van der Waals surface area contributed by atoms with Gasteiger partial charge in [-0.1, -0.05) is 24.3 Å². The van der Waals surface area contributed by atoms with Gasteiger partial charge in [0.05, 0.1) is 5.52 Å². The van der Waals surface area contributed by atoms with Crippen molar-refractivity contribution in [3.8, 4) is 0 Å². The van der Waals surface area contributed by atoms with E-state index in [-0.39, 0.29) is 12.5 Å². The molecule has 2 aromatic carbocycles. The molecule has 3 rings (SSSR count). The van der Waals surface area contributed by atoms with Crippen molar-refractivity contribution in [1.29, 1.82) is 0 Å². The third kappa shape index (κ3) is 3.38. The molecular formula is C18H18N2O3S. The van der Waals surface area contributed by atoms with Crippen molar-refractivity contribution in [2.24, 2.45) is 0 Å². The summed E-state index contributed by atoms with van der Waals surface area (Å²) in [4.78, 5) is 27.2. The van der Waals surface area contributed by atoms with E-state index in [0.29, 0.717) is 17.6 Å². The van der Waals surface area contributed by atoms with Crippen LogP contribution >= 0.6 is 11.8 Å². The molecule has 0 N–H and O–H groups in total. The van der Waals surface area contributed by atoms with Gasteiger partial charge in [0.25, 0.3) is 0 Å². The molecule has 0 saturated heterocycles. The van der Waals surface area contributed by atoms with Crippen LogP contribution < -0.4 is 5.76 Å². The van der Waals surface area contributed by atoms with Crippen LogP contribution in [0.15, 0.2) is 62.6 Å². The SMILES string of the molecule is CSc1ccc(CN(C)C(=O)Cn2c(=O)oc3ccccc32)cc1. The number of carbonyl (C=O) groups is 1. The summed E-state index contributed by atoms with van der Waals surface area (Å²) in [6.45, 7) is 0.466. The van der Waals surface area contributed by atoms with E-state index >= 15 is 0 Å². The van der Waals surface area contributed by atoms with Crippen molar-refractivity contribution < 1.29 is 9.21 Å². The number of para-hydroxylation sites is 2. The molecule has 3 aromatic rings. The maximum absolute atomic E-state index is 12.5. The van der Waals surface area contributed by atoms with Gasteiger partial charge < -0.3 is 9.32 Å². The fraction of sp³-hybridized carbons (Fsp3) is 0.222. The molecule has 6 heteroatoms. The zero-order chi connectivity index (χ0) is 17.1. The van der Waals surface area contributed by atoms with Gasteiger partial charge in [0.2, 0.25) is 5.91 Å². The maximum atomic E-state index is 12.5. The average Bonchev–Trinajstić information content (AvgIpc) is 2.91. The Kier molecular flexibility index (Phi) is 4.76. The molecule has 0 aliphatic carbocycles. The molecule has 0 bridgehead atoms. The van der Waals surface area contributed by atoms with Crippen LogP contribution in [0.5, 0.6) is 0 Å². The van der Waals surface area contributed by atoms with Crippen LogP contribution in [0, 0.1) is 0 Å². The topological polar surface area (TPSA) is 55.5 Å². The normalized spacial score (nSPS) is 10.9. The van der Waals surface area contributed by atoms with E-state index < -0.39 is 5.76 Å². The van der Waals surface area contributed by atoms with E-state index in [1.807, 2.05) is 36.6 Å². The highest BCUT2D eigenvalue weighted by atomic mass is 32.2. The van der Waals surface area contributed by atoms with Crippen LogP contribution in [0.1, 0.15) is 5.56 Å². The Morgan fingerprint density at radius 3 is 2.58 bits per heavy atom. The molecule has 0 aliphatic heterocycles. The van der Waals surface area contributed by atoms with Crippen molar-refractivity contribution in [1.82, 2.24) is 9.47 Å². The Hall–Kier alpha value is -2.47. The van der Waals surface area contributed by atoms with Crippen LogP contribution in [0.3, 0.4) is 0 Å². The standard InChI is InChI=1S/C18H18N2O3S/c1-19(11-13-7-9-14(24-2)10-8-13)17(21)12-20-15-5-3-4-6-16(15)23-18(20)22/h3-10H,11-12H2,1-2H3. The van der Waals surface area contributed by atoms with Gasteiger partial charge in [0, 0.05) is 18.5 Å². The minimum atomic E-state index is -0.512. The zero-order valence-corrected chi connectivity index (χ0v) is 14.4. The zero-order valence-electron chi connectivity index (χ0n) is 13.6. The smallest absolute Gasteiger partial charge is 0.408 e. The molecular weight excluding hydrogens is 324 g/mol. The van der Waals surface area contributed by atoms with Gasteiger partial charge in [-0.05, 0) is 36.1 Å². The Labute approximate surface area is 143 Å². The molecule has 0 fully saturated rings. The minimum absolute atomic E-state index is 0.0325. The van der Waals surface area contributed by atoms with Gasteiger partial charge in [0.15, 0.2) is 5.58 Å². The number of likely N-dealkylation sites (N-methyl/N-ethyl adjacent to an activating group) is 1. The predicted molar refractivity (Wildman–Crippen MR) is 95.2 cm³/mol. The summed E-state index contributed by atoms with van der Waals surface area (Å²) in [5.74, 6) is -0.653. The van der Waals surface area contributed by atoms with Crippen LogP contribution in [-0.2, 0) is 17.9 Å². The van der Waals surface area contributed by atoms with Gasteiger partial charge in [-0.15, -0.1) is 11.8 Å². The summed E-state index contributed by atoms with van der Waals surface area (Å²) in [6, 6.07) is 15.2. The maximum Gasteiger partial charge on any atom is 0.420 e. The highest BCUT2D eigenvalue weighted by Gasteiger charge is 2.15. The lowest BCUT2D eigenvalue weighted by Gasteiger charge is -2.17. The summed E-state index contributed by atoms with van der Waals surface area (Å²) >= 11 is 1.68. The van der Waals surface area contributed by atoms with Crippen LogP contribution in [-0.4, -0.2) is 28.7 Å². The fourth-order valence-corrected chi connectivity index (χ4v) is 2.92. The Morgan fingerprint density at radius 2 is 1.88 bits per heavy atom. The Balaban J connectivity index is 1.73. The summed E-state index contributed by atoms with van der Waals surface area (Å²) in [7, 11) is 1.73. The number of rotatable bonds is 5. The number of aromatic nitrogens is 1. The second-order valence-electron chi connectivity index (χ2n) is 5.52. The van der Waals surface area contributed by atoms with Crippen LogP contribution in [0.25, 0.3) is 11.1 Å². The third-order valence-corrected chi connectivity index (χ3v) is 4.62. The first-order chi connectivity index (χ1) is 11.6. The first-order valence-corrected chi connectivity index (χ1v) is 8.76. The lowest BCUT2D eigenvalue weighted by molar-refractivity contribution is -0.131. The summed E-state index contributed by atoms with van der Waals surface area (Å²) < 4.78 is 6.52. The van der Waals surface area contributed by atoms with Crippen molar-refractivity contribution in [3.05, 3.63) is 64.6 Å². The molecule has 5 nitrogen and oxygen atoms in total. The number of carbonyl (C=O) groups excluding carboxylic acids is 1. The van der Waals surface area contributed by atoms with Crippen molar-refractivity contribution >= 4 is 28.8 Å². The summed E-state index contributed by atoms with van der Waals surface area (Å²) in [5.41, 5.74) is 2.17. The third-order valence-electron chi connectivity index (χ3n) is 3.87. The average molecular weight is 342 g/mol. The number of thioether (sulfide) groups is 1. The second-order valence-corrected chi connectivity index (χ2v) is 6.40. The monoisotopic (exact) mass is 342 g/mol. The molecule has 0 aliphatic rings. The number of amides is 1. The molecule has 1 aromatic heterocycles. The quantitative estimate of drug-likeness (QED) is 0.669. The molecule has 0 spiro atoms. The van der Waals surface area contributed by atoms with Gasteiger partial charge in [-0.3, -0.25) is 9.36 Å². The molecule has 0 unspecified atom stereocenters. The van der Waals surface area contributed by atoms with Crippen LogP contribution in [0.4, 0.5) is 0 Å². The Bertz CT molecular complexity index is 912. The number of nitrogens with zero attached hydrogens (tertiary/aromatic N) is 2. The van der Waals surface area contributed by atoms with E-state index in [1.54, 1.807) is 41.9 Å². The van der Waals surface area contributed by atoms with Crippen LogP contribution in [0.2, 0.25) is 0 Å². The summed E-state index contributed by atoms with van der Waals surface area (Å²) in [5, 5.41) is 0. The lowest BCUT2D eigenvalue weighted by Crippen LogP contribution is -2.32. The minimum Gasteiger partial charge on any atom is -0.408 e. The van der Waals surface area contributed by atoms with Gasteiger partial charge in [-0.25, -0.2) is 4.79 Å². The van der Waals surface area contributed by atoms with E-state index in [4.69, 9.17) is 4.42 Å². The largest absolute Gasteiger partial charge is 0.420 e. The van der Waals surface area contributed by atoms with Gasteiger partial charge in [-0.2, -0.15) is 0 Å². The summed E-state index contributed by atoms with van der Waals surface area (Å²) in [6.07, 6.45) is 2.03. The van der Waals surface area contributed by atoms with Gasteiger partial charge >= 0.3 is 5.76 Å². The molecule has 124 valence electrons. The first kappa shape index (κ1) is 16.4. The number of benzene rings is 2. The van der Waals surface area contributed by atoms with E-state index in [9.17, 15) is 9.59 Å². The highest BCUT2D eigenvalue weighted by molar-refractivity contribution is 7.98. The number of oxazole rings is 1. The molecule has 1 heterocycles. The van der Waals surface area contributed by atoms with Gasteiger partial charge in [0.1, 0.15) is 6.54 Å². The second kappa shape index (κ2) is 6.97. The fourth-order valence-electron chi connectivity index (χ4n) is 2.51.